The molecule has 3 aromatic heterocycles. The number of carbonyl (C=O) groups excluding carboxylic acids is 1. The predicted molar refractivity (Wildman–Crippen MR) is 136 cm³/mol. The molecule has 0 aliphatic heterocycles. The van der Waals surface area contributed by atoms with Crippen LogP contribution in [0.2, 0.25) is 0 Å². The Bertz CT molecular complexity index is 1350. The summed E-state index contributed by atoms with van der Waals surface area (Å²) >= 11 is 1.44. The molecule has 1 aromatic carbocycles. The van der Waals surface area contributed by atoms with Crippen LogP contribution in [-0.4, -0.2) is 30.6 Å². The van der Waals surface area contributed by atoms with Crippen LogP contribution < -0.4 is 5.32 Å². The van der Waals surface area contributed by atoms with E-state index in [-0.39, 0.29) is 11.3 Å². The zero-order valence-corrected chi connectivity index (χ0v) is 20.8. The average Bonchev–Trinajstić information content (AvgIpc) is 3.46. The average molecular weight is 473 g/mol. The summed E-state index contributed by atoms with van der Waals surface area (Å²) in [6.07, 6.45) is 10.9. The third-order valence-electron chi connectivity index (χ3n) is 5.31. The first kappa shape index (κ1) is 23.5. The van der Waals surface area contributed by atoms with Crippen LogP contribution in [0.25, 0.3) is 23.4 Å². The largest absolute Gasteiger partial charge is 0.347 e. The molecule has 0 atom stereocenters. The number of hydrogen-bond acceptors (Lipinski definition) is 6. The van der Waals surface area contributed by atoms with Gasteiger partial charge in [-0.25, -0.2) is 15.0 Å². The molecule has 4 rings (SSSR count). The lowest BCUT2D eigenvalue weighted by Gasteiger charge is -2.13. The highest BCUT2D eigenvalue weighted by Gasteiger charge is 2.20. The van der Waals surface area contributed by atoms with Crippen LogP contribution in [0.4, 0.5) is 0 Å². The molecule has 1 amide bonds. The number of rotatable bonds is 6. The Hall–Kier alpha value is -3.65. The molecule has 34 heavy (non-hydrogen) atoms. The zero-order chi connectivity index (χ0) is 24.3. The molecule has 0 bridgehead atoms. The molecule has 0 aliphatic rings. The fraction of sp³-hybridized carbons (Fsp3) is 0.269. The summed E-state index contributed by atoms with van der Waals surface area (Å²) in [5.41, 5.74) is 5.76. The number of amides is 1. The van der Waals surface area contributed by atoms with Crippen LogP contribution in [0.1, 0.15) is 57.8 Å². The standard InChI is InChI=1S/C26H28N6OS/c1-17-10-19(22-11-21(29-16-30-22)9-6-18-12-31-32(5)15-18)7-8-20(17)13-27-24(33)23-14-28-25(34-23)26(2,3)4/h6-12,14-16H,13H2,1-5H3,(H,27,33)/b9-6+. The number of carbonyl (C=O) groups is 1. The van der Waals surface area contributed by atoms with Crippen molar-refractivity contribution in [3.8, 4) is 11.3 Å². The van der Waals surface area contributed by atoms with E-state index >= 15 is 0 Å². The van der Waals surface area contributed by atoms with Crippen molar-refractivity contribution in [3.05, 3.63) is 81.5 Å². The summed E-state index contributed by atoms with van der Waals surface area (Å²) in [5, 5.41) is 8.14. The smallest absolute Gasteiger partial charge is 0.263 e. The van der Waals surface area contributed by atoms with E-state index in [9.17, 15) is 4.79 Å². The van der Waals surface area contributed by atoms with Gasteiger partial charge in [0.05, 0.1) is 28.8 Å². The highest BCUT2D eigenvalue weighted by molar-refractivity contribution is 7.13. The number of benzene rings is 1. The van der Waals surface area contributed by atoms with Gasteiger partial charge in [0.15, 0.2) is 0 Å². The second kappa shape index (κ2) is 9.69. The molecule has 0 saturated carbocycles. The molecule has 0 fully saturated rings. The van der Waals surface area contributed by atoms with Gasteiger partial charge in [-0.3, -0.25) is 9.48 Å². The molecule has 0 unspecified atom stereocenters. The summed E-state index contributed by atoms with van der Waals surface area (Å²) in [6, 6.07) is 8.10. The number of nitrogens with one attached hydrogen (secondary N) is 1. The maximum absolute atomic E-state index is 12.6. The second-order valence-corrected chi connectivity index (χ2v) is 10.2. The third kappa shape index (κ3) is 5.63. The Morgan fingerprint density at radius 1 is 1.12 bits per heavy atom. The minimum absolute atomic E-state index is 0.0645. The fourth-order valence-electron chi connectivity index (χ4n) is 3.37. The first-order valence-corrected chi connectivity index (χ1v) is 11.8. The fourth-order valence-corrected chi connectivity index (χ4v) is 4.26. The SMILES string of the molecule is Cc1cc(-c2cc(/C=C/c3cnn(C)c3)ncn2)ccc1CNC(=O)c1cnc(C(C)(C)C)s1. The highest BCUT2D eigenvalue weighted by Crippen LogP contribution is 2.27. The van der Waals surface area contributed by atoms with Crippen molar-refractivity contribution in [1.82, 2.24) is 30.0 Å². The van der Waals surface area contributed by atoms with Gasteiger partial charge < -0.3 is 5.32 Å². The van der Waals surface area contributed by atoms with Crippen molar-refractivity contribution in [2.24, 2.45) is 7.05 Å². The first-order valence-electron chi connectivity index (χ1n) is 11.0. The van der Waals surface area contributed by atoms with Gasteiger partial charge in [-0.2, -0.15) is 5.10 Å². The lowest BCUT2D eigenvalue weighted by Crippen LogP contribution is -2.22. The van der Waals surface area contributed by atoms with Crippen molar-refractivity contribution in [2.45, 2.75) is 39.7 Å². The van der Waals surface area contributed by atoms with E-state index in [1.54, 1.807) is 23.4 Å². The number of aryl methyl sites for hydroxylation is 2. The first-order chi connectivity index (χ1) is 16.2. The maximum atomic E-state index is 12.6. The lowest BCUT2D eigenvalue weighted by molar-refractivity contribution is 0.0954. The van der Waals surface area contributed by atoms with E-state index in [1.807, 2.05) is 50.5 Å². The maximum Gasteiger partial charge on any atom is 0.263 e. The summed E-state index contributed by atoms with van der Waals surface area (Å²) in [5.74, 6) is -0.0997. The number of thiazole rings is 1. The summed E-state index contributed by atoms with van der Waals surface area (Å²) < 4.78 is 1.76. The molecule has 0 aliphatic carbocycles. The predicted octanol–water partition coefficient (Wildman–Crippen LogP) is 5.04. The molecule has 0 saturated heterocycles. The Labute approximate surface area is 203 Å². The third-order valence-corrected chi connectivity index (χ3v) is 6.73. The number of aromatic nitrogens is 5. The molecule has 0 radical (unpaired) electrons. The van der Waals surface area contributed by atoms with Crippen LogP contribution >= 0.6 is 11.3 Å². The van der Waals surface area contributed by atoms with E-state index in [1.165, 1.54) is 11.3 Å². The minimum Gasteiger partial charge on any atom is -0.347 e. The van der Waals surface area contributed by atoms with Crippen molar-refractivity contribution < 1.29 is 4.79 Å². The lowest BCUT2D eigenvalue weighted by atomic mass is 9.98. The molecule has 1 N–H and O–H groups in total. The topological polar surface area (TPSA) is 85.6 Å². The van der Waals surface area contributed by atoms with Crippen molar-refractivity contribution in [1.29, 1.82) is 0 Å². The van der Waals surface area contributed by atoms with Crippen molar-refractivity contribution in [3.63, 3.8) is 0 Å². The van der Waals surface area contributed by atoms with Gasteiger partial charge in [-0.05, 0) is 42.3 Å². The van der Waals surface area contributed by atoms with E-state index in [2.05, 4.69) is 52.2 Å². The molecule has 3 heterocycles. The highest BCUT2D eigenvalue weighted by atomic mass is 32.1. The Morgan fingerprint density at radius 3 is 2.62 bits per heavy atom. The molecule has 7 nitrogen and oxygen atoms in total. The Balaban J connectivity index is 1.43. The van der Waals surface area contributed by atoms with E-state index in [4.69, 9.17) is 0 Å². The zero-order valence-electron chi connectivity index (χ0n) is 20.0. The van der Waals surface area contributed by atoms with Crippen LogP contribution in [0.5, 0.6) is 0 Å². The van der Waals surface area contributed by atoms with Gasteiger partial charge in [0, 0.05) is 36.3 Å². The molecular formula is C26H28N6OS. The van der Waals surface area contributed by atoms with Crippen molar-refractivity contribution >= 4 is 29.4 Å². The van der Waals surface area contributed by atoms with Gasteiger partial charge in [-0.15, -0.1) is 11.3 Å². The van der Waals surface area contributed by atoms with Crippen LogP contribution in [0.15, 0.2) is 49.2 Å². The van der Waals surface area contributed by atoms with Gasteiger partial charge in [0.1, 0.15) is 11.2 Å². The summed E-state index contributed by atoms with van der Waals surface area (Å²) in [4.78, 5) is 26.4. The second-order valence-electron chi connectivity index (χ2n) is 9.21. The Kier molecular flexibility index (Phi) is 6.70. The van der Waals surface area contributed by atoms with Gasteiger partial charge in [-0.1, -0.05) is 32.9 Å². The molecule has 0 spiro atoms. The molecule has 8 heteroatoms. The molecule has 4 aromatic rings. The van der Waals surface area contributed by atoms with E-state index < -0.39 is 0 Å². The van der Waals surface area contributed by atoms with Crippen LogP contribution in [0, 0.1) is 6.92 Å². The van der Waals surface area contributed by atoms with Crippen LogP contribution in [0.3, 0.4) is 0 Å². The van der Waals surface area contributed by atoms with Gasteiger partial charge >= 0.3 is 0 Å². The van der Waals surface area contributed by atoms with E-state index in [0.717, 1.165) is 38.6 Å². The van der Waals surface area contributed by atoms with E-state index in [0.29, 0.717) is 11.4 Å². The van der Waals surface area contributed by atoms with Crippen LogP contribution in [-0.2, 0) is 19.0 Å². The minimum atomic E-state index is -0.0997. The quantitative estimate of drug-likeness (QED) is 0.425. The number of nitrogens with zero attached hydrogens (tertiary/aromatic N) is 5. The molecular weight excluding hydrogens is 444 g/mol. The monoisotopic (exact) mass is 472 g/mol. The summed E-state index contributed by atoms with van der Waals surface area (Å²) in [7, 11) is 1.89. The Morgan fingerprint density at radius 2 is 1.94 bits per heavy atom. The van der Waals surface area contributed by atoms with Gasteiger partial charge in [0.25, 0.3) is 5.91 Å². The van der Waals surface area contributed by atoms with Crippen molar-refractivity contribution in [2.75, 3.05) is 0 Å². The normalized spacial score (nSPS) is 11.8. The number of hydrogen-bond donors (Lipinski definition) is 1. The van der Waals surface area contributed by atoms with Gasteiger partial charge in [0.2, 0.25) is 0 Å². The summed E-state index contributed by atoms with van der Waals surface area (Å²) in [6.45, 7) is 8.78. The molecule has 174 valence electrons.